The summed E-state index contributed by atoms with van der Waals surface area (Å²) in [5.41, 5.74) is 2.37. The summed E-state index contributed by atoms with van der Waals surface area (Å²) in [6.45, 7) is 13.8. The van der Waals surface area contributed by atoms with E-state index in [0.29, 0.717) is 6.61 Å². The number of rotatable bonds is 6. The molecule has 18 heavy (non-hydrogen) atoms. The van der Waals surface area contributed by atoms with E-state index in [2.05, 4.69) is 37.7 Å². The van der Waals surface area contributed by atoms with Crippen molar-refractivity contribution in [1.82, 2.24) is 10.3 Å². The largest absolute Gasteiger partial charge is 0.491 e. The molecule has 0 aromatic carbocycles. The quantitative estimate of drug-likeness (QED) is 0.784. The lowest BCUT2D eigenvalue weighted by Gasteiger charge is -2.21. The third-order valence-corrected chi connectivity index (χ3v) is 2.47. The van der Waals surface area contributed by atoms with Crippen molar-refractivity contribution >= 4 is 0 Å². The topological polar surface area (TPSA) is 34.1 Å². The average Bonchev–Trinajstić information content (AvgIpc) is 2.26. The molecule has 0 aliphatic carbocycles. The van der Waals surface area contributed by atoms with Crippen LogP contribution in [0.3, 0.4) is 0 Å². The van der Waals surface area contributed by atoms with Gasteiger partial charge in [-0.05, 0) is 33.8 Å². The number of hydrogen-bond donors (Lipinski definition) is 1. The highest BCUT2D eigenvalue weighted by molar-refractivity contribution is 5.29. The van der Waals surface area contributed by atoms with Gasteiger partial charge in [-0.3, -0.25) is 4.98 Å². The summed E-state index contributed by atoms with van der Waals surface area (Å²) >= 11 is 0. The van der Waals surface area contributed by atoms with Gasteiger partial charge in [0.15, 0.2) is 0 Å². The first-order valence-electron chi connectivity index (χ1n) is 6.33. The maximum Gasteiger partial charge on any atom is 0.142 e. The molecule has 1 aromatic heterocycles. The molecular formula is C15H24N2O. The Balaban J connectivity index is 2.59. The van der Waals surface area contributed by atoms with E-state index in [4.69, 9.17) is 4.74 Å². The molecule has 0 spiro atoms. The Morgan fingerprint density at radius 3 is 2.78 bits per heavy atom. The fourth-order valence-corrected chi connectivity index (χ4v) is 1.38. The normalized spacial score (nSPS) is 11.3. The Labute approximate surface area is 110 Å². The van der Waals surface area contributed by atoms with Crippen molar-refractivity contribution in [2.24, 2.45) is 0 Å². The van der Waals surface area contributed by atoms with Crippen molar-refractivity contribution in [2.75, 3.05) is 6.61 Å². The summed E-state index contributed by atoms with van der Waals surface area (Å²) in [5.74, 6) is 0.857. The Bertz CT molecular complexity index is 394. The van der Waals surface area contributed by atoms with E-state index in [1.165, 1.54) is 0 Å². The monoisotopic (exact) mass is 248 g/mol. The summed E-state index contributed by atoms with van der Waals surface area (Å²) in [7, 11) is 0. The number of pyridine rings is 1. The second kappa shape index (κ2) is 6.55. The Morgan fingerprint density at radius 2 is 2.17 bits per heavy atom. The zero-order chi connectivity index (χ0) is 13.6. The molecule has 1 rings (SSSR count). The molecule has 0 bridgehead atoms. The number of hydrogen-bond acceptors (Lipinski definition) is 3. The van der Waals surface area contributed by atoms with Crippen molar-refractivity contribution in [3.63, 3.8) is 0 Å². The lowest BCUT2D eigenvalue weighted by Crippen LogP contribution is -2.35. The summed E-state index contributed by atoms with van der Waals surface area (Å²) in [4.78, 5) is 4.11. The van der Waals surface area contributed by atoms with Crippen molar-refractivity contribution in [3.05, 3.63) is 36.2 Å². The third kappa shape index (κ3) is 5.82. The van der Waals surface area contributed by atoms with Crippen LogP contribution in [0.25, 0.3) is 0 Å². The predicted octanol–water partition coefficient (Wildman–Crippen LogP) is 3.31. The molecule has 0 unspecified atom stereocenters. The minimum atomic E-state index is 0.0955. The summed E-state index contributed by atoms with van der Waals surface area (Å²) < 4.78 is 5.75. The van der Waals surface area contributed by atoms with E-state index in [1.807, 2.05) is 13.0 Å². The predicted molar refractivity (Wildman–Crippen MR) is 75.8 cm³/mol. The van der Waals surface area contributed by atoms with Crippen molar-refractivity contribution in [3.8, 4) is 5.75 Å². The van der Waals surface area contributed by atoms with E-state index in [9.17, 15) is 0 Å². The number of ether oxygens (including phenoxy) is 1. The Morgan fingerprint density at radius 1 is 1.44 bits per heavy atom. The second-order valence-corrected chi connectivity index (χ2v) is 5.64. The number of nitrogens with one attached hydrogen (secondary N) is 1. The van der Waals surface area contributed by atoms with Gasteiger partial charge in [-0.2, -0.15) is 0 Å². The van der Waals surface area contributed by atoms with Crippen LogP contribution in [-0.4, -0.2) is 17.1 Å². The average molecular weight is 248 g/mol. The zero-order valence-corrected chi connectivity index (χ0v) is 11.9. The van der Waals surface area contributed by atoms with Gasteiger partial charge in [0.25, 0.3) is 0 Å². The molecular weight excluding hydrogens is 224 g/mol. The molecule has 0 saturated heterocycles. The van der Waals surface area contributed by atoms with Gasteiger partial charge in [0, 0.05) is 30.3 Å². The molecule has 0 amide bonds. The summed E-state index contributed by atoms with van der Waals surface area (Å²) in [6.07, 6.45) is 4.45. The third-order valence-electron chi connectivity index (χ3n) is 2.47. The minimum Gasteiger partial charge on any atom is -0.491 e. The molecule has 3 heteroatoms. The van der Waals surface area contributed by atoms with Gasteiger partial charge in [-0.15, -0.1) is 6.58 Å². The summed E-state index contributed by atoms with van der Waals surface area (Å²) in [6, 6.07) is 1.99. The molecule has 3 nitrogen and oxygen atoms in total. The molecule has 0 aliphatic rings. The standard InChI is InChI=1S/C15H24N2O/c1-12(2)7-9-18-14-11-16-8-6-13(14)10-17-15(3,4)5/h6,8,11,17H,1,7,9-10H2,2-5H3. The second-order valence-electron chi connectivity index (χ2n) is 5.64. The number of aromatic nitrogens is 1. The maximum atomic E-state index is 5.75. The lowest BCUT2D eigenvalue weighted by atomic mass is 10.1. The smallest absolute Gasteiger partial charge is 0.142 e. The van der Waals surface area contributed by atoms with Crippen LogP contribution in [0.5, 0.6) is 5.75 Å². The van der Waals surface area contributed by atoms with Crippen LogP contribution < -0.4 is 10.1 Å². The molecule has 0 saturated carbocycles. The summed E-state index contributed by atoms with van der Waals surface area (Å²) in [5, 5.41) is 3.45. The fourth-order valence-electron chi connectivity index (χ4n) is 1.38. The molecule has 0 radical (unpaired) electrons. The van der Waals surface area contributed by atoms with E-state index in [0.717, 1.165) is 29.9 Å². The highest BCUT2D eigenvalue weighted by atomic mass is 16.5. The molecule has 1 N–H and O–H groups in total. The first-order valence-corrected chi connectivity index (χ1v) is 6.33. The van der Waals surface area contributed by atoms with Crippen LogP contribution in [0.4, 0.5) is 0 Å². The van der Waals surface area contributed by atoms with Gasteiger partial charge >= 0.3 is 0 Å². The number of nitrogens with zero attached hydrogens (tertiary/aromatic N) is 1. The molecule has 0 aliphatic heterocycles. The van der Waals surface area contributed by atoms with Gasteiger partial charge in [-0.25, -0.2) is 0 Å². The van der Waals surface area contributed by atoms with E-state index in [-0.39, 0.29) is 5.54 Å². The van der Waals surface area contributed by atoms with Crippen molar-refractivity contribution in [1.29, 1.82) is 0 Å². The molecule has 1 heterocycles. The molecule has 0 fully saturated rings. The van der Waals surface area contributed by atoms with Gasteiger partial charge in [-0.1, -0.05) is 5.57 Å². The Kier molecular flexibility index (Phi) is 5.35. The van der Waals surface area contributed by atoms with E-state index < -0.39 is 0 Å². The highest BCUT2D eigenvalue weighted by Gasteiger charge is 2.10. The van der Waals surface area contributed by atoms with Crippen LogP contribution >= 0.6 is 0 Å². The Hall–Kier alpha value is -1.35. The molecule has 0 atom stereocenters. The van der Waals surface area contributed by atoms with Crippen LogP contribution in [0.2, 0.25) is 0 Å². The van der Waals surface area contributed by atoms with Gasteiger partial charge in [0.05, 0.1) is 12.8 Å². The van der Waals surface area contributed by atoms with E-state index in [1.54, 1.807) is 12.4 Å². The first kappa shape index (κ1) is 14.7. The minimum absolute atomic E-state index is 0.0955. The lowest BCUT2D eigenvalue weighted by molar-refractivity contribution is 0.314. The van der Waals surface area contributed by atoms with Crippen LogP contribution in [0, 0.1) is 0 Å². The van der Waals surface area contributed by atoms with Gasteiger partial charge in [0.1, 0.15) is 5.75 Å². The molecule has 100 valence electrons. The SMILES string of the molecule is C=C(C)CCOc1cnccc1CNC(C)(C)C. The van der Waals surface area contributed by atoms with Crippen LogP contribution in [0.1, 0.15) is 39.7 Å². The highest BCUT2D eigenvalue weighted by Crippen LogP contribution is 2.17. The van der Waals surface area contributed by atoms with Crippen LogP contribution in [0.15, 0.2) is 30.6 Å². The van der Waals surface area contributed by atoms with Crippen molar-refractivity contribution < 1.29 is 4.74 Å². The van der Waals surface area contributed by atoms with Gasteiger partial charge in [0.2, 0.25) is 0 Å². The van der Waals surface area contributed by atoms with Crippen LogP contribution in [-0.2, 0) is 6.54 Å². The first-order chi connectivity index (χ1) is 8.38. The van der Waals surface area contributed by atoms with Gasteiger partial charge < -0.3 is 10.1 Å². The van der Waals surface area contributed by atoms with E-state index >= 15 is 0 Å². The maximum absolute atomic E-state index is 5.75. The van der Waals surface area contributed by atoms with Crippen molar-refractivity contribution in [2.45, 2.75) is 46.2 Å². The fraction of sp³-hybridized carbons (Fsp3) is 0.533. The molecule has 1 aromatic rings. The zero-order valence-electron chi connectivity index (χ0n) is 11.9.